The van der Waals surface area contributed by atoms with Gasteiger partial charge in [-0.25, -0.2) is 9.99 Å². The summed E-state index contributed by atoms with van der Waals surface area (Å²) < 4.78 is 5.67. The average molecular weight is 309 g/mol. The number of nitrogens with one attached hydrogen (secondary N) is 1. The van der Waals surface area contributed by atoms with E-state index in [2.05, 4.69) is 37.5 Å². The van der Waals surface area contributed by atoms with Gasteiger partial charge in [-0.2, -0.15) is 10.2 Å². The highest BCUT2D eigenvalue weighted by Crippen LogP contribution is 2.31. The van der Waals surface area contributed by atoms with Gasteiger partial charge in [0, 0.05) is 13.1 Å². The zero-order chi connectivity index (χ0) is 15.6. The van der Waals surface area contributed by atoms with E-state index in [1.165, 1.54) is 6.33 Å². The van der Waals surface area contributed by atoms with Crippen molar-refractivity contribution in [3.8, 4) is 0 Å². The van der Waals surface area contributed by atoms with Crippen LogP contribution in [0.25, 0.3) is 0 Å². The summed E-state index contributed by atoms with van der Waals surface area (Å²) in [6, 6.07) is 10.1. The summed E-state index contributed by atoms with van der Waals surface area (Å²) in [7, 11) is 1.93. The maximum Gasteiger partial charge on any atom is 0.231 e. The predicted octanol–water partition coefficient (Wildman–Crippen LogP) is 1.46. The monoisotopic (exact) mass is 309 g/mol. The van der Waals surface area contributed by atoms with E-state index in [0.29, 0.717) is 11.7 Å². The summed E-state index contributed by atoms with van der Waals surface area (Å²) >= 11 is 0. The lowest BCUT2D eigenvalue weighted by atomic mass is 10.1. The van der Waals surface area contributed by atoms with Crippen molar-refractivity contribution in [2.45, 2.75) is 12.8 Å². The van der Waals surface area contributed by atoms with Crippen molar-refractivity contribution < 1.29 is 4.74 Å². The van der Waals surface area contributed by atoms with Crippen molar-refractivity contribution in [2.75, 3.05) is 7.05 Å². The Bertz CT molecular complexity index is 766. The lowest BCUT2D eigenvalue weighted by Crippen LogP contribution is -2.32. The van der Waals surface area contributed by atoms with Crippen LogP contribution in [-0.4, -0.2) is 44.0 Å². The summed E-state index contributed by atoms with van der Waals surface area (Å²) in [5.74, 6) is 1.95. The Morgan fingerprint density at radius 1 is 1.17 bits per heavy atom. The summed E-state index contributed by atoms with van der Waals surface area (Å²) in [4.78, 5) is 4.03. The minimum absolute atomic E-state index is 0.0833. The van der Waals surface area contributed by atoms with Crippen LogP contribution in [0.2, 0.25) is 0 Å². The van der Waals surface area contributed by atoms with Crippen LogP contribution in [-0.2, 0) is 11.3 Å². The average Bonchev–Trinajstić information content (AvgIpc) is 3.20. The van der Waals surface area contributed by atoms with Crippen LogP contribution < -0.4 is 0 Å². The number of aromatic amines is 1. The first-order valence-electron chi connectivity index (χ1n) is 7.20. The lowest BCUT2D eigenvalue weighted by molar-refractivity contribution is 0.159. The molecule has 0 radical (unpaired) electrons. The molecule has 0 amide bonds. The lowest BCUT2D eigenvalue weighted by Gasteiger charge is -2.27. The Morgan fingerprint density at radius 3 is 2.83 bits per heavy atom. The number of H-pyrrole nitrogens is 1. The van der Waals surface area contributed by atoms with Crippen LogP contribution in [0.3, 0.4) is 0 Å². The van der Waals surface area contributed by atoms with Crippen LogP contribution in [0.5, 0.6) is 0 Å². The van der Waals surface area contributed by atoms with Gasteiger partial charge in [-0.3, -0.25) is 10.1 Å². The molecule has 1 atom stereocenters. The van der Waals surface area contributed by atoms with Crippen LogP contribution in [0.15, 0.2) is 59.0 Å². The fourth-order valence-corrected chi connectivity index (χ4v) is 2.55. The Morgan fingerprint density at radius 2 is 2.04 bits per heavy atom. The van der Waals surface area contributed by atoms with Crippen molar-refractivity contribution >= 4 is 11.7 Å². The summed E-state index contributed by atoms with van der Waals surface area (Å²) in [6.07, 6.45) is 5.05. The Balaban J connectivity index is 1.55. The minimum atomic E-state index is -0.0833. The normalized spacial score (nSPS) is 19.4. The number of fused-ring (bicyclic) bond motifs is 1. The highest BCUT2D eigenvalue weighted by atomic mass is 16.5. The molecule has 0 fully saturated rings. The Labute approximate surface area is 132 Å². The molecule has 0 saturated heterocycles. The number of ether oxygens (including phenoxy) is 1. The number of hydrazone groups is 2. The molecule has 2 aromatic rings. The molecule has 0 spiro atoms. The van der Waals surface area contributed by atoms with Gasteiger partial charge in [0.25, 0.3) is 0 Å². The van der Waals surface area contributed by atoms with E-state index in [0.717, 1.165) is 11.4 Å². The number of hydrogen-bond acceptors (Lipinski definition) is 7. The highest BCUT2D eigenvalue weighted by molar-refractivity contribution is 6.03. The fourth-order valence-electron chi connectivity index (χ4n) is 2.55. The molecule has 0 bridgehead atoms. The molecule has 1 unspecified atom stereocenters. The van der Waals surface area contributed by atoms with Gasteiger partial charge in [-0.05, 0) is 11.6 Å². The molecule has 4 rings (SSSR count). The maximum absolute atomic E-state index is 5.67. The first-order chi connectivity index (χ1) is 11.3. The summed E-state index contributed by atoms with van der Waals surface area (Å²) in [6.45, 7) is 0.287. The molecular weight excluding hydrogens is 294 g/mol. The third kappa shape index (κ3) is 2.54. The van der Waals surface area contributed by atoms with Gasteiger partial charge < -0.3 is 4.74 Å². The number of benzene rings is 1. The molecule has 3 heterocycles. The topological polar surface area (TPSA) is 82.0 Å². The smallest absolute Gasteiger partial charge is 0.231 e. The van der Waals surface area contributed by atoms with Crippen molar-refractivity contribution in [2.24, 2.45) is 10.2 Å². The molecule has 0 aliphatic carbocycles. The van der Waals surface area contributed by atoms with E-state index < -0.39 is 0 Å². The van der Waals surface area contributed by atoms with E-state index in [1.807, 2.05) is 41.3 Å². The zero-order valence-corrected chi connectivity index (χ0v) is 12.5. The fraction of sp³-hybridized carbons (Fsp3) is 0.200. The zero-order valence-electron chi connectivity index (χ0n) is 12.5. The molecule has 2 aliphatic rings. The first-order valence-corrected chi connectivity index (χ1v) is 7.20. The second kappa shape index (κ2) is 5.56. The van der Waals surface area contributed by atoms with Crippen LogP contribution >= 0.6 is 0 Å². The molecule has 1 N–H and O–H groups in total. The highest BCUT2D eigenvalue weighted by Gasteiger charge is 2.34. The third-order valence-corrected chi connectivity index (χ3v) is 3.58. The van der Waals surface area contributed by atoms with E-state index in [-0.39, 0.29) is 12.8 Å². The number of hydrogen-bond donors (Lipinski definition) is 1. The molecule has 8 heteroatoms. The van der Waals surface area contributed by atoms with E-state index in [4.69, 9.17) is 4.74 Å². The van der Waals surface area contributed by atoms with Gasteiger partial charge in [0.2, 0.25) is 5.90 Å². The van der Waals surface area contributed by atoms with E-state index in [1.54, 1.807) is 6.08 Å². The predicted molar refractivity (Wildman–Crippen MR) is 84.0 cm³/mol. The molecule has 1 aromatic heterocycles. The second-order valence-corrected chi connectivity index (χ2v) is 5.15. The number of amidine groups is 1. The first kappa shape index (κ1) is 13.5. The summed E-state index contributed by atoms with van der Waals surface area (Å²) in [5.41, 5.74) is 1.11. The Hall–Kier alpha value is -3.16. The van der Waals surface area contributed by atoms with Crippen LogP contribution in [0, 0.1) is 0 Å². The molecule has 116 valence electrons. The summed E-state index contributed by atoms with van der Waals surface area (Å²) in [5, 5.41) is 19.4. The quantitative estimate of drug-likeness (QED) is 0.928. The minimum Gasteiger partial charge on any atom is -0.468 e. The number of aromatic nitrogens is 3. The number of nitrogens with zero attached hydrogens (tertiary/aromatic N) is 6. The molecule has 2 aliphatic heterocycles. The van der Waals surface area contributed by atoms with Crippen molar-refractivity contribution in [3.05, 3.63) is 60.2 Å². The van der Waals surface area contributed by atoms with Crippen molar-refractivity contribution in [1.29, 1.82) is 0 Å². The second-order valence-electron chi connectivity index (χ2n) is 5.15. The van der Waals surface area contributed by atoms with Crippen molar-refractivity contribution in [1.82, 2.24) is 25.2 Å². The van der Waals surface area contributed by atoms with Gasteiger partial charge in [-0.15, -0.1) is 5.10 Å². The molecular formula is C15H15N7O. The van der Waals surface area contributed by atoms with Gasteiger partial charge in [0.05, 0.1) is 0 Å². The number of rotatable bonds is 3. The van der Waals surface area contributed by atoms with Gasteiger partial charge in [-0.1, -0.05) is 30.3 Å². The van der Waals surface area contributed by atoms with Crippen molar-refractivity contribution in [3.63, 3.8) is 0 Å². The van der Waals surface area contributed by atoms with E-state index in [9.17, 15) is 0 Å². The standard InChI is InChI=1S/C15H15N7O/c1-21-15(11-5-3-2-4-6-11)22-13(19-21)7-8-14(20-22)23-9-12-16-10-17-18-12/h2-8,10,15H,9H2,1H3,(H,16,17,18). The van der Waals surface area contributed by atoms with Gasteiger partial charge in [0.15, 0.2) is 17.8 Å². The molecule has 23 heavy (non-hydrogen) atoms. The molecule has 8 nitrogen and oxygen atoms in total. The molecule has 0 saturated carbocycles. The van der Waals surface area contributed by atoms with Crippen LogP contribution in [0.4, 0.5) is 0 Å². The molecule has 1 aromatic carbocycles. The SMILES string of the molecule is CN1N=C2C=CC(OCc3ncn[nH]3)=NN2C1c1ccccc1. The largest absolute Gasteiger partial charge is 0.468 e. The Kier molecular flexibility index (Phi) is 3.26. The van der Waals surface area contributed by atoms with Gasteiger partial charge >= 0.3 is 0 Å². The van der Waals surface area contributed by atoms with E-state index >= 15 is 0 Å². The maximum atomic E-state index is 5.67. The third-order valence-electron chi connectivity index (χ3n) is 3.58. The van der Waals surface area contributed by atoms with Crippen LogP contribution in [0.1, 0.15) is 17.6 Å². The van der Waals surface area contributed by atoms with Gasteiger partial charge in [0.1, 0.15) is 12.9 Å².